The quantitative estimate of drug-likeness (QED) is 0.668. The molecule has 1 aliphatic carbocycles. The van der Waals surface area contributed by atoms with Crippen molar-refractivity contribution in [1.29, 1.82) is 5.26 Å². The summed E-state index contributed by atoms with van der Waals surface area (Å²) in [7, 11) is 0. The van der Waals surface area contributed by atoms with Crippen LogP contribution < -0.4 is 16.4 Å². The van der Waals surface area contributed by atoms with Gasteiger partial charge < -0.3 is 21.1 Å². The Bertz CT molecular complexity index is 890. The van der Waals surface area contributed by atoms with Gasteiger partial charge in [-0.05, 0) is 37.8 Å². The lowest BCUT2D eigenvalue weighted by molar-refractivity contribution is 0.110. The second kappa shape index (κ2) is 8.74. The normalized spacial score (nSPS) is 18.8. The number of pyridine rings is 2. The molecule has 1 fully saturated rings. The highest BCUT2D eigenvalue weighted by atomic mass is 16.6. The van der Waals surface area contributed by atoms with Gasteiger partial charge in [-0.25, -0.2) is 14.8 Å². The van der Waals surface area contributed by atoms with E-state index in [-0.39, 0.29) is 18.2 Å². The predicted octanol–water partition coefficient (Wildman–Crippen LogP) is 3.53. The van der Waals surface area contributed by atoms with Crippen LogP contribution in [0.15, 0.2) is 18.3 Å². The SMILES string of the molecule is CCC(CC)Nc1nc(C#N)cc2cnc(N[C@H]3CC[C@H](OC(N)=O)C3)cc12. The molecule has 0 radical (unpaired) electrons. The third-order valence-corrected chi connectivity index (χ3v) is 5.17. The number of amides is 1. The molecule has 0 unspecified atom stereocenters. The number of primary amides is 1. The minimum Gasteiger partial charge on any atom is -0.446 e. The van der Waals surface area contributed by atoms with Crippen LogP contribution >= 0.6 is 0 Å². The molecule has 1 amide bonds. The van der Waals surface area contributed by atoms with Gasteiger partial charge in [-0.15, -0.1) is 0 Å². The molecule has 0 bridgehead atoms. The van der Waals surface area contributed by atoms with Crippen LogP contribution in [-0.4, -0.2) is 34.2 Å². The summed E-state index contributed by atoms with van der Waals surface area (Å²) in [4.78, 5) is 19.9. The first-order valence-electron chi connectivity index (χ1n) is 9.72. The summed E-state index contributed by atoms with van der Waals surface area (Å²) >= 11 is 0. The van der Waals surface area contributed by atoms with Crippen LogP contribution in [0.4, 0.5) is 16.4 Å². The number of nitriles is 1. The largest absolute Gasteiger partial charge is 0.446 e. The molecule has 0 saturated heterocycles. The molecule has 28 heavy (non-hydrogen) atoms. The second-order valence-corrected chi connectivity index (χ2v) is 7.13. The molecule has 148 valence electrons. The van der Waals surface area contributed by atoms with E-state index >= 15 is 0 Å². The van der Waals surface area contributed by atoms with Crippen molar-refractivity contribution < 1.29 is 9.53 Å². The third-order valence-electron chi connectivity index (χ3n) is 5.17. The van der Waals surface area contributed by atoms with Gasteiger partial charge in [0.2, 0.25) is 0 Å². The number of rotatable bonds is 7. The molecule has 2 heterocycles. The highest BCUT2D eigenvalue weighted by Gasteiger charge is 2.27. The molecule has 3 rings (SSSR count). The Balaban J connectivity index is 1.83. The van der Waals surface area contributed by atoms with Gasteiger partial charge in [0.05, 0.1) is 0 Å². The van der Waals surface area contributed by atoms with Crippen LogP contribution in [0.5, 0.6) is 0 Å². The zero-order valence-corrected chi connectivity index (χ0v) is 16.2. The lowest BCUT2D eigenvalue weighted by atomic mass is 10.1. The maximum atomic E-state index is 10.9. The molecule has 2 aromatic rings. The van der Waals surface area contributed by atoms with E-state index in [1.807, 2.05) is 6.07 Å². The Morgan fingerprint density at radius 2 is 2.18 bits per heavy atom. The summed E-state index contributed by atoms with van der Waals surface area (Å²) in [6, 6.07) is 6.27. The van der Waals surface area contributed by atoms with Crippen molar-refractivity contribution >= 4 is 28.5 Å². The van der Waals surface area contributed by atoms with Gasteiger partial charge in [0.1, 0.15) is 29.5 Å². The number of nitrogens with zero attached hydrogens (tertiary/aromatic N) is 3. The molecule has 1 saturated carbocycles. The Kier molecular flexibility index (Phi) is 6.14. The fourth-order valence-electron chi connectivity index (χ4n) is 3.63. The van der Waals surface area contributed by atoms with Crippen molar-refractivity contribution in [2.24, 2.45) is 5.73 Å². The number of hydrogen-bond acceptors (Lipinski definition) is 7. The molecule has 0 aliphatic heterocycles. The van der Waals surface area contributed by atoms with Crippen molar-refractivity contribution in [2.75, 3.05) is 10.6 Å². The van der Waals surface area contributed by atoms with Gasteiger partial charge >= 0.3 is 6.09 Å². The molecule has 0 spiro atoms. The van der Waals surface area contributed by atoms with E-state index in [0.29, 0.717) is 17.9 Å². The molecule has 8 heteroatoms. The van der Waals surface area contributed by atoms with E-state index in [2.05, 4.69) is 40.5 Å². The smallest absolute Gasteiger partial charge is 0.404 e. The van der Waals surface area contributed by atoms with Crippen molar-refractivity contribution in [3.05, 3.63) is 24.0 Å². The summed E-state index contributed by atoms with van der Waals surface area (Å²) in [6.45, 7) is 4.24. The first kappa shape index (κ1) is 19.7. The average Bonchev–Trinajstić information content (AvgIpc) is 3.11. The van der Waals surface area contributed by atoms with E-state index in [0.717, 1.165) is 42.3 Å². The maximum Gasteiger partial charge on any atom is 0.404 e. The molecular formula is C20H26N6O2. The molecule has 2 aromatic heterocycles. The fourth-order valence-corrected chi connectivity index (χ4v) is 3.63. The number of aromatic nitrogens is 2. The number of carbonyl (C=O) groups is 1. The van der Waals surface area contributed by atoms with E-state index < -0.39 is 6.09 Å². The lowest BCUT2D eigenvalue weighted by Crippen LogP contribution is -2.23. The first-order chi connectivity index (χ1) is 13.5. The van der Waals surface area contributed by atoms with Crippen LogP contribution in [0.2, 0.25) is 0 Å². The number of nitrogens with one attached hydrogen (secondary N) is 2. The van der Waals surface area contributed by atoms with Crippen molar-refractivity contribution in [3.63, 3.8) is 0 Å². The topological polar surface area (TPSA) is 126 Å². The van der Waals surface area contributed by atoms with Crippen LogP contribution in [0, 0.1) is 11.3 Å². The molecule has 0 aromatic carbocycles. The Morgan fingerprint density at radius 3 is 2.86 bits per heavy atom. The van der Waals surface area contributed by atoms with Gasteiger partial charge in [-0.1, -0.05) is 13.8 Å². The van der Waals surface area contributed by atoms with Gasteiger partial charge in [-0.2, -0.15) is 5.26 Å². The second-order valence-electron chi connectivity index (χ2n) is 7.13. The first-order valence-corrected chi connectivity index (χ1v) is 9.72. The third kappa shape index (κ3) is 4.60. The van der Waals surface area contributed by atoms with Crippen molar-refractivity contribution in [3.8, 4) is 6.07 Å². The minimum atomic E-state index is -0.731. The molecule has 1 aliphatic rings. The predicted molar refractivity (Wildman–Crippen MR) is 108 cm³/mol. The van der Waals surface area contributed by atoms with Crippen molar-refractivity contribution in [1.82, 2.24) is 9.97 Å². The fraction of sp³-hybridized carbons (Fsp3) is 0.500. The van der Waals surface area contributed by atoms with E-state index in [1.165, 1.54) is 0 Å². The minimum absolute atomic E-state index is 0.151. The standard InChI is InChI=1S/C20H26N6O2/c1-3-13(4-2)25-19-17-9-18(23-11-12(17)7-15(10-21)26-19)24-14-5-6-16(8-14)28-20(22)27/h7,9,11,13-14,16H,3-6,8H2,1-2H3,(H2,22,27)(H,23,24)(H,25,26)/t14-,16-/m0/s1. The molecule has 4 N–H and O–H groups in total. The zero-order chi connectivity index (χ0) is 20.1. The summed E-state index contributed by atoms with van der Waals surface area (Å²) in [5, 5.41) is 17.9. The number of carbonyl (C=O) groups excluding carboxylic acids is 1. The van der Waals surface area contributed by atoms with Gasteiger partial charge in [0, 0.05) is 35.5 Å². The average molecular weight is 382 g/mol. The van der Waals surface area contributed by atoms with E-state index in [1.54, 1.807) is 12.3 Å². The summed E-state index contributed by atoms with van der Waals surface area (Å²) in [5.41, 5.74) is 5.47. The Morgan fingerprint density at radius 1 is 1.39 bits per heavy atom. The lowest BCUT2D eigenvalue weighted by Gasteiger charge is -2.18. The van der Waals surface area contributed by atoms with Gasteiger partial charge in [0.25, 0.3) is 0 Å². The summed E-state index contributed by atoms with van der Waals surface area (Å²) < 4.78 is 5.09. The van der Waals surface area contributed by atoms with Crippen LogP contribution in [0.1, 0.15) is 51.6 Å². The molecular weight excluding hydrogens is 356 g/mol. The monoisotopic (exact) mass is 382 g/mol. The summed E-state index contributed by atoms with van der Waals surface area (Å²) in [5.74, 6) is 1.44. The Hall–Kier alpha value is -3.08. The maximum absolute atomic E-state index is 10.9. The highest BCUT2D eigenvalue weighted by molar-refractivity contribution is 5.93. The number of hydrogen-bond donors (Lipinski definition) is 3. The summed E-state index contributed by atoms with van der Waals surface area (Å²) in [6.07, 6.45) is 5.17. The molecule has 8 nitrogen and oxygen atoms in total. The van der Waals surface area contributed by atoms with E-state index in [4.69, 9.17) is 10.5 Å². The Labute approximate surface area is 164 Å². The van der Waals surface area contributed by atoms with E-state index in [9.17, 15) is 10.1 Å². The number of fused-ring (bicyclic) bond motifs is 1. The van der Waals surface area contributed by atoms with Gasteiger partial charge in [0.15, 0.2) is 0 Å². The highest BCUT2D eigenvalue weighted by Crippen LogP contribution is 2.29. The van der Waals surface area contributed by atoms with Gasteiger partial charge in [-0.3, -0.25) is 0 Å². The van der Waals surface area contributed by atoms with Crippen LogP contribution in [0.3, 0.4) is 0 Å². The number of anilines is 2. The zero-order valence-electron chi connectivity index (χ0n) is 16.2. The number of ether oxygens (including phenoxy) is 1. The number of nitrogens with two attached hydrogens (primary N) is 1. The molecule has 2 atom stereocenters. The van der Waals surface area contributed by atoms with Crippen LogP contribution in [-0.2, 0) is 4.74 Å². The van der Waals surface area contributed by atoms with Crippen molar-refractivity contribution in [2.45, 2.75) is 64.1 Å². The van der Waals surface area contributed by atoms with Crippen LogP contribution in [0.25, 0.3) is 10.8 Å².